The number of aliphatic hydroxyl groups is 1. The van der Waals surface area contributed by atoms with Crippen LogP contribution in [0.4, 0.5) is 8.78 Å². The molecule has 0 aliphatic carbocycles. The zero-order valence-electron chi connectivity index (χ0n) is 21.0. The van der Waals surface area contributed by atoms with Crippen LogP contribution < -0.4 is 4.74 Å². The molecule has 5 nitrogen and oxygen atoms in total. The van der Waals surface area contributed by atoms with Crippen LogP contribution >= 0.6 is 0 Å². The smallest absolute Gasteiger partial charge is 0.125 e. The maximum absolute atomic E-state index is 13.5. The number of rotatable bonds is 7. The number of nitrogens with zero attached hydrogens (tertiary/aromatic N) is 1. The van der Waals surface area contributed by atoms with Crippen molar-refractivity contribution < 1.29 is 28.1 Å². The van der Waals surface area contributed by atoms with Crippen LogP contribution in [0.15, 0.2) is 72.8 Å². The lowest BCUT2D eigenvalue weighted by molar-refractivity contribution is -0.138. The highest BCUT2D eigenvalue weighted by Crippen LogP contribution is 2.37. The molecule has 1 spiro atoms. The predicted molar refractivity (Wildman–Crippen MR) is 136 cm³/mol. The van der Waals surface area contributed by atoms with Crippen molar-refractivity contribution in [3.8, 4) is 5.75 Å². The van der Waals surface area contributed by atoms with Gasteiger partial charge in [-0.2, -0.15) is 0 Å². The second-order valence-corrected chi connectivity index (χ2v) is 9.99. The summed E-state index contributed by atoms with van der Waals surface area (Å²) in [7, 11) is 0. The summed E-state index contributed by atoms with van der Waals surface area (Å²) in [5, 5.41) is 10.8. The summed E-state index contributed by atoms with van der Waals surface area (Å²) in [5.41, 5.74) is 2.19. The lowest BCUT2D eigenvalue weighted by atomic mass is 9.86. The molecular weight excluding hydrogens is 476 g/mol. The van der Waals surface area contributed by atoms with Gasteiger partial charge in [-0.3, -0.25) is 0 Å². The second kappa shape index (κ2) is 11.3. The van der Waals surface area contributed by atoms with Crippen LogP contribution in [-0.2, 0) is 16.1 Å². The molecule has 2 heterocycles. The Morgan fingerprint density at radius 2 is 1.54 bits per heavy atom. The van der Waals surface area contributed by atoms with E-state index in [2.05, 4.69) is 11.8 Å². The molecule has 7 heteroatoms. The highest BCUT2D eigenvalue weighted by Gasteiger charge is 2.44. The topological polar surface area (TPSA) is 51.2 Å². The number of likely N-dealkylation sites (tertiary alicyclic amines) is 1. The predicted octanol–water partition coefficient (Wildman–Crippen LogP) is 5.26. The van der Waals surface area contributed by atoms with Crippen molar-refractivity contribution in [2.45, 2.75) is 50.3 Å². The summed E-state index contributed by atoms with van der Waals surface area (Å²) < 4.78 is 45.8. The third-order valence-electron chi connectivity index (χ3n) is 7.50. The number of benzene rings is 3. The zero-order valence-corrected chi connectivity index (χ0v) is 21.0. The highest BCUT2D eigenvalue weighted by molar-refractivity contribution is 5.34. The number of hydrogen-bond donors (Lipinski definition) is 1. The minimum absolute atomic E-state index is 0.0706. The quantitative estimate of drug-likeness (QED) is 0.471. The van der Waals surface area contributed by atoms with Gasteiger partial charge in [0.25, 0.3) is 0 Å². The molecule has 2 unspecified atom stereocenters. The summed E-state index contributed by atoms with van der Waals surface area (Å²) in [5.74, 6) is 0.204. The lowest BCUT2D eigenvalue weighted by Gasteiger charge is -2.44. The van der Waals surface area contributed by atoms with Gasteiger partial charge in [0.15, 0.2) is 0 Å². The summed E-state index contributed by atoms with van der Waals surface area (Å²) in [6.45, 7) is 4.72. The van der Waals surface area contributed by atoms with Gasteiger partial charge in [-0.05, 0) is 61.2 Å². The molecule has 1 fully saturated rings. The van der Waals surface area contributed by atoms with Gasteiger partial charge in [0.05, 0.1) is 19.3 Å². The van der Waals surface area contributed by atoms with Gasteiger partial charge < -0.3 is 24.2 Å². The second-order valence-electron chi connectivity index (χ2n) is 9.99. The number of hydrogen-bond acceptors (Lipinski definition) is 5. The Kier molecular flexibility index (Phi) is 7.86. The fraction of sp³-hybridized carbons (Fsp3) is 0.400. The van der Waals surface area contributed by atoms with Crippen LogP contribution in [0.3, 0.4) is 0 Å². The Balaban J connectivity index is 1.17. The molecule has 2 atom stereocenters. The van der Waals surface area contributed by atoms with E-state index in [1.54, 1.807) is 24.3 Å². The van der Waals surface area contributed by atoms with Crippen molar-refractivity contribution in [3.05, 3.63) is 101 Å². The van der Waals surface area contributed by atoms with E-state index >= 15 is 0 Å². The molecule has 3 aromatic carbocycles. The first-order valence-corrected chi connectivity index (χ1v) is 12.8. The van der Waals surface area contributed by atoms with Crippen molar-refractivity contribution in [3.63, 3.8) is 0 Å². The number of ether oxygens (including phenoxy) is 3. The minimum atomic E-state index is -0.717. The molecule has 0 bridgehead atoms. The number of halogens is 2. The van der Waals surface area contributed by atoms with E-state index in [4.69, 9.17) is 14.2 Å². The number of fused-ring (bicyclic) bond motifs is 1. The van der Waals surface area contributed by atoms with Gasteiger partial charge in [0.2, 0.25) is 0 Å². The SMILES string of the molecule is CC1Oc2ccccc2COC12CCN(CC(O)COC(c1ccc(F)cc1)c1ccc(F)cc1)CC2. The monoisotopic (exact) mass is 509 g/mol. The van der Waals surface area contributed by atoms with E-state index < -0.39 is 12.2 Å². The lowest BCUT2D eigenvalue weighted by Crippen LogP contribution is -2.54. The maximum atomic E-state index is 13.5. The van der Waals surface area contributed by atoms with E-state index in [9.17, 15) is 13.9 Å². The molecule has 2 aliphatic heterocycles. The Bertz CT molecular complexity index is 1120. The molecule has 0 saturated carbocycles. The summed E-state index contributed by atoms with van der Waals surface area (Å²) in [6, 6.07) is 20.1. The molecular formula is C30H33F2NO4. The summed E-state index contributed by atoms with van der Waals surface area (Å²) >= 11 is 0. The molecule has 1 saturated heterocycles. The first kappa shape index (κ1) is 25.8. The van der Waals surface area contributed by atoms with Crippen molar-refractivity contribution in [1.82, 2.24) is 4.90 Å². The largest absolute Gasteiger partial charge is 0.487 e. The van der Waals surface area contributed by atoms with Crippen molar-refractivity contribution in [2.24, 2.45) is 0 Å². The fourth-order valence-corrected chi connectivity index (χ4v) is 5.26. The van der Waals surface area contributed by atoms with Crippen molar-refractivity contribution >= 4 is 0 Å². The van der Waals surface area contributed by atoms with E-state index in [1.165, 1.54) is 24.3 Å². The van der Waals surface area contributed by atoms with Crippen LogP contribution in [0.25, 0.3) is 0 Å². The van der Waals surface area contributed by atoms with Crippen molar-refractivity contribution in [1.29, 1.82) is 0 Å². The van der Waals surface area contributed by atoms with Crippen LogP contribution in [0, 0.1) is 11.6 Å². The van der Waals surface area contributed by atoms with Crippen LogP contribution in [0.2, 0.25) is 0 Å². The highest BCUT2D eigenvalue weighted by atomic mass is 19.1. The molecule has 1 N–H and O–H groups in total. The Labute approximate surface area is 216 Å². The zero-order chi connectivity index (χ0) is 25.8. The standard InChI is InChI=1S/C30H33F2NO4/c1-21-30(36-19-24-4-2-3-5-28(24)37-21)14-16-33(17-15-30)18-27(34)20-35-29(22-6-10-25(31)11-7-22)23-8-12-26(32)13-9-23/h2-13,21,27,29,34H,14-20H2,1H3. The van der Waals surface area contributed by atoms with Gasteiger partial charge in [-0.1, -0.05) is 42.5 Å². The number of aliphatic hydroxyl groups excluding tert-OH is 1. The Hall–Kier alpha value is -2.84. The van der Waals surface area contributed by atoms with Crippen LogP contribution in [-0.4, -0.2) is 54.1 Å². The number of piperidine rings is 1. The summed E-state index contributed by atoms with van der Waals surface area (Å²) in [6.07, 6.45) is 0.288. The van der Waals surface area contributed by atoms with E-state index in [1.807, 2.05) is 24.3 Å². The summed E-state index contributed by atoms with van der Waals surface area (Å²) in [4.78, 5) is 2.22. The number of β-amino-alcohol motifs (C(OH)–C–C–N with tert-alkyl or cyclic N) is 1. The van der Waals surface area contributed by atoms with Gasteiger partial charge in [0, 0.05) is 25.2 Å². The molecule has 5 rings (SSSR count). The Morgan fingerprint density at radius 3 is 2.16 bits per heavy atom. The van der Waals surface area contributed by atoms with E-state index in [0.29, 0.717) is 13.2 Å². The molecule has 2 aliphatic rings. The fourth-order valence-electron chi connectivity index (χ4n) is 5.26. The first-order valence-electron chi connectivity index (χ1n) is 12.8. The van der Waals surface area contributed by atoms with E-state index in [-0.39, 0.29) is 29.9 Å². The molecule has 3 aromatic rings. The molecule has 0 radical (unpaired) electrons. The van der Waals surface area contributed by atoms with Crippen LogP contribution in [0.5, 0.6) is 5.75 Å². The van der Waals surface area contributed by atoms with Gasteiger partial charge in [-0.25, -0.2) is 8.78 Å². The maximum Gasteiger partial charge on any atom is 0.125 e. The van der Waals surface area contributed by atoms with Crippen molar-refractivity contribution in [2.75, 3.05) is 26.2 Å². The third-order valence-corrected chi connectivity index (χ3v) is 7.50. The average Bonchev–Trinajstić information content (AvgIpc) is 3.04. The van der Waals surface area contributed by atoms with Gasteiger partial charge in [-0.15, -0.1) is 0 Å². The minimum Gasteiger partial charge on any atom is -0.487 e. The normalized spacial score (nSPS) is 20.3. The molecule has 196 valence electrons. The first-order chi connectivity index (χ1) is 17.9. The van der Waals surface area contributed by atoms with E-state index in [0.717, 1.165) is 48.4 Å². The number of para-hydroxylation sites is 1. The average molecular weight is 510 g/mol. The Morgan fingerprint density at radius 1 is 0.946 bits per heavy atom. The van der Waals surface area contributed by atoms with Gasteiger partial charge >= 0.3 is 0 Å². The molecule has 0 amide bonds. The van der Waals surface area contributed by atoms with Gasteiger partial charge in [0.1, 0.15) is 35.2 Å². The molecule has 0 aromatic heterocycles. The van der Waals surface area contributed by atoms with Crippen LogP contribution in [0.1, 0.15) is 42.6 Å². The third kappa shape index (κ3) is 6.02. The molecule has 37 heavy (non-hydrogen) atoms.